The Morgan fingerprint density at radius 1 is 0.588 bits per heavy atom. The smallest absolute Gasteiger partial charge is 0.226 e. The minimum Gasteiger partial charge on any atom is -0.357 e. The van der Waals surface area contributed by atoms with Crippen molar-refractivity contribution in [3.05, 3.63) is 0 Å². The van der Waals surface area contributed by atoms with Gasteiger partial charge < -0.3 is 9.19 Å². The average Bonchev–Trinajstić information content (AvgIpc) is 3.27. The van der Waals surface area contributed by atoms with E-state index in [4.69, 9.17) is 4.52 Å². The van der Waals surface area contributed by atoms with E-state index in [2.05, 4.69) is 4.67 Å². The summed E-state index contributed by atoms with van der Waals surface area (Å²) in [6.45, 7) is 0.864. The minimum absolute atomic E-state index is 0.325. The summed E-state index contributed by atoms with van der Waals surface area (Å²) in [5.41, 5.74) is 3.32. The normalized spacial score (nSPS) is 29.5. The van der Waals surface area contributed by atoms with Crippen molar-refractivity contribution < 1.29 is 9.32 Å². The minimum atomic E-state index is -0.326. The maximum Gasteiger partial charge on any atom is 0.226 e. The molecule has 1 atom stereocenters. The zero-order chi connectivity index (χ0) is 23.2. The van der Waals surface area contributed by atoms with Crippen molar-refractivity contribution in [2.75, 3.05) is 6.61 Å². The van der Waals surface area contributed by atoms with Crippen molar-refractivity contribution in [1.82, 2.24) is 4.67 Å². The summed E-state index contributed by atoms with van der Waals surface area (Å²) in [7, 11) is -0.651. The van der Waals surface area contributed by atoms with Gasteiger partial charge in [-0.2, -0.15) is 0 Å². The van der Waals surface area contributed by atoms with Crippen LogP contribution in [0.25, 0.3) is 0 Å². The topological polar surface area (TPSA) is 29.5 Å². The molecule has 0 aromatic heterocycles. The van der Waals surface area contributed by atoms with E-state index >= 15 is 0 Å². The van der Waals surface area contributed by atoms with Gasteiger partial charge in [0, 0.05) is 34.0 Å². The lowest BCUT2D eigenvalue weighted by molar-refractivity contribution is -0.124. The molecule has 1 amide bonds. The molecule has 0 bridgehead atoms. The number of hydrogen-bond donors (Lipinski definition) is 0. The Hall–Kier alpha value is 0.290. The van der Waals surface area contributed by atoms with E-state index in [1.165, 1.54) is 128 Å². The van der Waals surface area contributed by atoms with Crippen LogP contribution in [-0.2, 0) is 9.32 Å². The monoisotopic (exact) mass is 507 g/mol. The molecule has 0 N–H and O–H groups in total. The summed E-state index contributed by atoms with van der Waals surface area (Å²) < 4.78 is 9.63. The lowest BCUT2D eigenvalue weighted by atomic mass is 10.00. The summed E-state index contributed by atoms with van der Waals surface area (Å²) in [5.74, 6) is 0.496. The van der Waals surface area contributed by atoms with E-state index in [0.29, 0.717) is 11.9 Å². The first-order chi connectivity index (χ1) is 16.8. The predicted octanol–water partition coefficient (Wildman–Crippen LogP) is 9.12. The maximum atomic E-state index is 13.5. The molecule has 0 aromatic rings. The van der Waals surface area contributed by atoms with E-state index in [1.807, 2.05) is 0 Å². The molecule has 1 saturated heterocycles. The van der Waals surface area contributed by atoms with Gasteiger partial charge >= 0.3 is 0 Å². The summed E-state index contributed by atoms with van der Waals surface area (Å²) in [6, 6.07) is 0.389. The number of amides is 1. The fraction of sp³-hybridized carbons (Fsp3) is 0.966. The van der Waals surface area contributed by atoms with Gasteiger partial charge in [-0.15, -0.1) is 0 Å². The molecule has 3 nitrogen and oxygen atoms in total. The molecule has 4 saturated carbocycles. The SMILES string of the molecule is O=C1CC[C@H](COP(C2CCCCC2)C2CCCCC2)N1P(C1CCCCC1)C1CCCCC1. The first-order valence-electron chi connectivity index (χ1n) is 15.3. The van der Waals surface area contributed by atoms with Crippen molar-refractivity contribution in [1.29, 1.82) is 0 Å². The van der Waals surface area contributed by atoms with E-state index in [9.17, 15) is 4.79 Å². The molecule has 34 heavy (non-hydrogen) atoms. The van der Waals surface area contributed by atoms with Gasteiger partial charge in [0.2, 0.25) is 5.91 Å². The van der Waals surface area contributed by atoms with Crippen molar-refractivity contribution in [2.45, 2.75) is 170 Å². The zero-order valence-electron chi connectivity index (χ0n) is 21.8. The molecule has 5 rings (SSSR count). The van der Waals surface area contributed by atoms with Crippen LogP contribution in [0.1, 0.15) is 141 Å². The number of carbonyl (C=O) groups is 1. The van der Waals surface area contributed by atoms with Gasteiger partial charge in [0.15, 0.2) is 0 Å². The van der Waals surface area contributed by atoms with Gasteiger partial charge in [-0.25, -0.2) is 0 Å². The van der Waals surface area contributed by atoms with Crippen LogP contribution in [0.5, 0.6) is 0 Å². The van der Waals surface area contributed by atoms with Crippen LogP contribution in [0.15, 0.2) is 0 Å². The molecule has 4 aliphatic carbocycles. The highest BCUT2D eigenvalue weighted by atomic mass is 31.1. The predicted molar refractivity (Wildman–Crippen MR) is 147 cm³/mol. The molecule has 5 heteroatoms. The van der Waals surface area contributed by atoms with Crippen LogP contribution in [0.4, 0.5) is 0 Å². The van der Waals surface area contributed by atoms with Gasteiger partial charge in [-0.3, -0.25) is 4.79 Å². The molecule has 1 aliphatic heterocycles. The van der Waals surface area contributed by atoms with Gasteiger partial charge in [0.25, 0.3) is 0 Å². The summed E-state index contributed by atoms with van der Waals surface area (Å²) in [6.07, 6.45) is 30.0. The van der Waals surface area contributed by atoms with Gasteiger partial charge in [0.1, 0.15) is 0 Å². The molecule has 0 unspecified atom stereocenters. The number of carbonyl (C=O) groups excluding carboxylic acids is 1. The molecule has 0 aromatic carbocycles. The van der Waals surface area contributed by atoms with Crippen LogP contribution in [-0.4, -0.2) is 45.9 Å². The van der Waals surface area contributed by atoms with Crippen molar-refractivity contribution in [2.24, 2.45) is 0 Å². The Kier molecular flexibility index (Phi) is 10.1. The molecular weight excluding hydrogens is 456 g/mol. The highest BCUT2D eigenvalue weighted by Gasteiger charge is 2.44. The Morgan fingerprint density at radius 3 is 1.44 bits per heavy atom. The lowest BCUT2D eigenvalue weighted by Crippen LogP contribution is -2.39. The number of rotatable bonds is 8. The van der Waals surface area contributed by atoms with Crippen LogP contribution >= 0.6 is 16.2 Å². The van der Waals surface area contributed by atoms with Crippen molar-refractivity contribution >= 4 is 22.1 Å². The third-order valence-corrected chi connectivity index (χ3v) is 16.2. The fourth-order valence-electron chi connectivity index (χ4n) is 7.90. The molecule has 1 heterocycles. The molecule has 194 valence electrons. The second-order valence-electron chi connectivity index (χ2n) is 12.1. The van der Waals surface area contributed by atoms with E-state index in [-0.39, 0.29) is 16.2 Å². The molecular formula is C29H51NO2P2. The fourth-order valence-corrected chi connectivity index (χ4v) is 15.0. The molecule has 5 aliphatic rings. The quantitative estimate of drug-likeness (QED) is 0.307. The number of nitrogens with zero attached hydrogens (tertiary/aromatic N) is 1. The van der Waals surface area contributed by atoms with E-state index in [1.54, 1.807) is 0 Å². The summed E-state index contributed by atoms with van der Waals surface area (Å²) in [4.78, 5) is 13.5. The van der Waals surface area contributed by atoms with Crippen molar-refractivity contribution in [3.8, 4) is 0 Å². The van der Waals surface area contributed by atoms with Crippen molar-refractivity contribution in [3.63, 3.8) is 0 Å². The maximum absolute atomic E-state index is 13.5. The second-order valence-corrected chi connectivity index (χ2v) is 17.2. The van der Waals surface area contributed by atoms with Gasteiger partial charge in [-0.1, -0.05) is 77.0 Å². The van der Waals surface area contributed by atoms with E-state index in [0.717, 1.165) is 42.1 Å². The Morgan fingerprint density at radius 2 is 1.00 bits per heavy atom. The standard InChI is InChI=1S/C29H51NO2P2/c31-29-22-21-24(23-32-34(27-17-9-3-10-18-27)28-19-11-4-12-20-28)30(29)33(25-13-5-1-6-14-25)26-15-7-2-8-16-26/h24-28H,1-23H2/t24-/m1/s1. The van der Waals surface area contributed by atoms with E-state index < -0.39 is 0 Å². The van der Waals surface area contributed by atoms with Gasteiger partial charge in [-0.05, 0) is 69.1 Å². The lowest BCUT2D eigenvalue weighted by Gasteiger charge is -2.46. The van der Waals surface area contributed by atoms with Crippen LogP contribution in [0.2, 0.25) is 0 Å². The van der Waals surface area contributed by atoms with Crippen LogP contribution < -0.4 is 0 Å². The summed E-state index contributed by atoms with van der Waals surface area (Å²) in [5, 5.41) is 0. The highest BCUT2D eigenvalue weighted by molar-refractivity contribution is 7.57. The third kappa shape index (κ3) is 6.40. The first kappa shape index (κ1) is 25.9. The van der Waals surface area contributed by atoms with Crippen LogP contribution in [0, 0.1) is 0 Å². The second kappa shape index (κ2) is 13.2. The average molecular weight is 508 g/mol. The van der Waals surface area contributed by atoms with Crippen LogP contribution in [0.3, 0.4) is 0 Å². The zero-order valence-corrected chi connectivity index (χ0v) is 23.6. The molecule has 5 fully saturated rings. The summed E-state index contributed by atoms with van der Waals surface area (Å²) >= 11 is 0. The third-order valence-electron chi connectivity index (χ3n) is 9.72. The molecule has 0 spiro atoms. The Balaban J connectivity index is 1.30. The van der Waals surface area contributed by atoms with Gasteiger partial charge in [0.05, 0.1) is 12.6 Å². The largest absolute Gasteiger partial charge is 0.357 e. The highest BCUT2D eigenvalue weighted by Crippen LogP contribution is 2.62. The number of hydrogen-bond acceptors (Lipinski definition) is 2. The molecule has 0 radical (unpaired) electrons. The first-order valence-corrected chi connectivity index (χ1v) is 18.2. The Labute approximate surface area is 212 Å². The Bertz CT molecular complexity index is 586.